The Labute approximate surface area is 129 Å². The molecule has 0 bridgehead atoms. The highest BCUT2D eigenvalue weighted by Gasteiger charge is 2.34. The van der Waals surface area contributed by atoms with Crippen LogP contribution in [0.3, 0.4) is 0 Å². The van der Waals surface area contributed by atoms with Crippen molar-refractivity contribution in [1.82, 2.24) is 4.90 Å². The van der Waals surface area contributed by atoms with Crippen molar-refractivity contribution in [3.63, 3.8) is 0 Å². The van der Waals surface area contributed by atoms with Crippen LogP contribution in [-0.2, 0) is 6.42 Å². The lowest BCUT2D eigenvalue weighted by Gasteiger charge is -2.43. The Hall–Kier alpha value is -1.06. The van der Waals surface area contributed by atoms with Crippen molar-refractivity contribution in [1.29, 1.82) is 0 Å². The van der Waals surface area contributed by atoms with Crippen LogP contribution in [0.1, 0.15) is 44.7 Å². The van der Waals surface area contributed by atoms with Crippen LogP contribution in [0.2, 0.25) is 0 Å². The maximum absolute atomic E-state index is 6.14. The molecule has 21 heavy (non-hydrogen) atoms. The number of hydrogen-bond donors (Lipinski definition) is 1. The van der Waals surface area contributed by atoms with Crippen LogP contribution in [0.25, 0.3) is 0 Å². The molecule has 3 heteroatoms. The van der Waals surface area contributed by atoms with E-state index in [-0.39, 0.29) is 11.6 Å². The summed E-state index contributed by atoms with van der Waals surface area (Å²) in [6, 6.07) is 6.49. The second-order valence-electron chi connectivity index (χ2n) is 6.23. The Kier molecular flexibility index (Phi) is 5.28. The van der Waals surface area contributed by atoms with E-state index in [0.29, 0.717) is 6.54 Å². The highest BCUT2D eigenvalue weighted by molar-refractivity contribution is 5.40. The lowest BCUT2D eigenvalue weighted by molar-refractivity contribution is 0.0510. The Morgan fingerprint density at radius 1 is 1.29 bits per heavy atom. The Morgan fingerprint density at radius 3 is 2.57 bits per heavy atom. The van der Waals surface area contributed by atoms with E-state index in [2.05, 4.69) is 50.8 Å². The number of nitrogens with two attached hydrogens (primary N) is 1. The molecule has 0 spiro atoms. The Balaban J connectivity index is 2.08. The highest BCUT2D eigenvalue weighted by Crippen LogP contribution is 2.31. The predicted octanol–water partition coefficient (Wildman–Crippen LogP) is 3.14. The zero-order valence-corrected chi connectivity index (χ0v) is 14.0. The first-order chi connectivity index (χ1) is 10.1. The second-order valence-corrected chi connectivity index (χ2v) is 6.23. The van der Waals surface area contributed by atoms with Gasteiger partial charge in [0.1, 0.15) is 11.9 Å². The van der Waals surface area contributed by atoms with Gasteiger partial charge >= 0.3 is 0 Å². The van der Waals surface area contributed by atoms with Crippen LogP contribution >= 0.6 is 0 Å². The van der Waals surface area contributed by atoms with Gasteiger partial charge in [-0.2, -0.15) is 0 Å². The van der Waals surface area contributed by atoms with Gasteiger partial charge in [0.05, 0.1) is 0 Å². The molecule has 0 radical (unpaired) electrons. The monoisotopic (exact) mass is 290 g/mol. The van der Waals surface area contributed by atoms with Crippen LogP contribution in [-0.4, -0.2) is 36.2 Å². The normalized spacial score (nSPS) is 17.9. The van der Waals surface area contributed by atoms with Gasteiger partial charge in [-0.1, -0.05) is 38.5 Å². The minimum atomic E-state index is 0.114. The zero-order valence-electron chi connectivity index (χ0n) is 14.0. The summed E-state index contributed by atoms with van der Waals surface area (Å²) in [6.07, 6.45) is 3.45. The number of likely N-dealkylation sites (N-methyl/N-ethyl adjacent to an activating group) is 1. The van der Waals surface area contributed by atoms with Crippen LogP contribution < -0.4 is 10.5 Å². The molecule has 2 rings (SSSR count). The van der Waals surface area contributed by atoms with Gasteiger partial charge in [-0.25, -0.2) is 0 Å². The van der Waals surface area contributed by atoms with Crippen molar-refractivity contribution in [2.45, 2.75) is 58.6 Å². The Bertz CT molecular complexity index is 460. The summed E-state index contributed by atoms with van der Waals surface area (Å²) >= 11 is 0. The van der Waals surface area contributed by atoms with E-state index in [1.165, 1.54) is 11.1 Å². The smallest absolute Gasteiger partial charge is 0.123 e. The molecule has 0 aliphatic carbocycles. The van der Waals surface area contributed by atoms with Gasteiger partial charge in [-0.15, -0.1) is 0 Å². The van der Waals surface area contributed by atoms with E-state index < -0.39 is 0 Å². The largest absolute Gasteiger partial charge is 0.488 e. The number of benzene rings is 1. The fourth-order valence-electron chi connectivity index (χ4n) is 3.57. The third-order valence-electron chi connectivity index (χ3n) is 5.13. The third kappa shape index (κ3) is 3.24. The summed E-state index contributed by atoms with van der Waals surface area (Å²) in [5.74, 6) is 1.06. The van der Waals surface area contributed by atoms with Crippen LogP contribution in [0.4, 0.5) is 0 Å². The molecule has 118 valence electrons. The van der Waals surface area contributed by atoms with E-state index in [4.69, 9.17) is 10.5 Å². The molecule has 1 aliphatic rings. The molecule has 0 saturated carbocycles. The summed E-state index contributed by atoms with van der Waals surface area (Å²) in [6.45, 7) is 11.5. The first kappa shape index (κ1) is 16.3. The van der Waals surface area contributed by atoms with Gasteiger partial charge in [-0.3, -0.25) is 4.90 Å². The van der Waals surface area contributed by atoms with Crippen molar-refractivity contribution in [2.24, 2.45) is 5.73 Å². The molecule has 0 fully saturated rings. The lowest BCUT2D eigenvalue weighted by atomic mass is 9.90. The molecule has 1 unspecified atom stereocenters. The van der Waals surface area contributed by atoms with Gasteiger partial charge in [0.15, 0.2) is 0 Å². The molecule has 1 atom stereocenters. The van der Waals surface area contributed by atoms with Gasteiger partial charge in [0.25, 0.3) is 0 Å². The predicted molar refractivity (Wildman–Crippen MR) is 88.9 cm³/mol. The summed E-state index contributed by atoms with van der Waals surface area (Å²) in [4.78, 5) is 2.52. The van der Waals surface area contributed by atoms with Crippen molar-refractivity contribution in [3.8, 4) is 5.75 Å². The molecule has 0 aromatic heterocycles. The van der Waals surface area contributed by atoms with Crippen LogP contribution in [0.5, 0.6) is 5.75 Å². The molecular weight excluding hydrogens is 260 g/mol. The van der Waals surface area contributed by atoms with Gasteiger partial charge in [0.2, 0.25) is 0 Å². The molecule has 3 nitrogen and oxygen atoms in total. The van der Waals surface area contributed by atoms with E-state index >= 15 is 0 Å². The number of hydrogen-bond acceptors (Lipinski definition) is 3. The number of fused-ring (bicyclic) bond motifs is 1. The lowest BCUT2D eigenvalue weighted by Crippen LogP contribution is -2.55. The molecule has 1 aromatic carbocycles. The van der Waals surface area contributed by atoms with Crippen LogP contribution in [0.15, 0.2) is 18.2 Å². The van der Waals surface area contributed by atoms with Crippen molar-refractivity contribution >= 4 is 0 Å². The topological polar surface area (TPSA) is 38.5 Å². The molecule has 1 aliphatic heterocycles. The van der Waals surface area contributed by atoms with Gasteiger partial charge in [0, 0.05) is 25.0 Å². The highest BCUT2D eigenvalue weighted by atomic mass is 16.5. The quantitative estimate of drug-likeness (QED) is 0.838. The van der Waals surface area contributed by atoms with E-state index in [9.17, 15) is 0 Å². The third-order valence-corrected chi connectivity index (χ3v) is 5.13. The zero-order chi connectivity index (χ0) is 15.5. The summed E-state index contributed by atoms with van der Waals surface area (Å²) in [7, 11) is 0. The SMILES string of the molecule is CCN(CC1Cc2cc(C)ccc2O1)C(CC)(CC)CN. The van der Waals surface area contributed by atoms with Crippen molar-refractivity contribution in [2.75, 3.05) is 19.6 Å². The Morgan fingerprint density at radius 2 is 2.00 bits per heavy atom. The van der Waals surface area contributed by atoms with Crippen LogP contribution in [0, 0.1) is 6.92 Å². The first-order valence-electron chi connectivity index (χ1n) is 8.29. The number of nitrogens with zero attached hydrogens (tertiary/aromatic N) is 1. The summed E-state index contributed by atoms with van der Waals surface area (Å²) < 4.78 is 6.14. The summed E-state index contributed by atoms with van der Waals surface area (Å²) in [5.41, 5.74) is 8.87. The maximum Gasteiger partial charge on any atom is 0.123 e. The number of aryl methyl sites for hydroxylation is 1. The molecule has 1 heterocycles. The van der Waals surface area contributed by atoms with Crippen molar-refractivity contribution in [3.05, 3.63) is 29.3 Å². The molecule has 0 amide bonds. The first-order valence-corrected chi connectivity index (χ1v) is 8.29. The molecule has 0 saturated heterocycles. The maximum atomic E-state index is 6.14. The molecule has 1 aromatic rings. The second kappa shape index (κ2) is 6.80. The minimum Gasteiger partial charge on any atom is -0.488 e. The average molecular weight is 290 g/mol. The van der Waals surface area contributed by atoms with Crippen molar-refractivity contribution < 1.29 is 4.74 Å². The summed E-state index contributed by atoms with van der Waals surface area (Å²) in [5, 5.41) is 0. The molecular formula is C18H30N2O. The van der Waals surface area contributed by atoms with E-state index in [0.717, 1.165) is 38.1 Å². The fourth-order valence-corrected chi connectivity index (χ4v) is 3.57. The average Bonchev–Trinajstić information content (AvgIpc) is 2.89. The number of rotatable bonds is 7. The van der Waals surface area contributed by atoms with Gasteiger partial charge < -0.3 is 10.5 Å². The standard InChI is InChI=1S/C18H30N2O/c1-5-18(6-2,13-19)20(7-3)12-16-11-15-10-14(4)8-9-17(15)21-16/h8-10,16H,5-7,11-13,19H2,1-4H3. The number of ether oxygens (including phenoxy) is 1. The molecule has 2 N–H and O–H groups in total. The minimum absolute atomic E-state index is 0.114. The van der Waals surface area contributed by atoms with Gasteiger partial charge in [-0.05, 0) is 37.9 Å². The van der Waals surface area contributed by atoms with E-state index in [1.807, 2.05) is 0 Å². The fraction of sp³-hybridized carbons (Fsp3) is 0.667. The van der Waals surface area contributed by atoms with E-state index in [1.54, 1.807) is 0 Å².